The molecule has 2 aromatic carbocycles. The van der Waals surface area contributed by atoms with Crippen LogP contribution in [0.15, 0.2) is 42.5 Å². The highest BCUT2D eigenvalue weighted by atomic mass is 19.1. The van der Waals surface area contributed by atoms with Crippen molar-refractivity contribution in [2.24, 2.45) is 0 Å². The Labute approximate surface area is 129 Å². The molecule has 1 N–H and O–H groups in total. The first kappa shape index (κ1) is 15.9. The van der Waals surface area contributed by atoms with Gasteiger partial charge in [-0.2, -0.15) is 0 Å². The minimum absolute atomic E-state index is 0.000589. The average Bonchev–Trinajstić information content (AvgIpc) is 2.48. The molecule has 0 fully saturated rings. The molecule has 0 radical (unpaired) electrons. The predicted molar refractivity (Wildman–Crippen MR) is 84.9 cm³/mol. The number of rotatable bonds is 3. The number of halogens is 1. The molecular formula is C18H18FNO2. The molecule has 0 saturated heterocycles. The van der Waals surface area contributed by atoms with E-state index in [1.165, 1.54) is 12.1 Å². The van der Waals surface area contributed by atoms with Crippen LogP contribution >= 0.6 is 0 Å². The van der Waals surface area contributed by atoms with E-state index in [9.17, 15) is 14.0 Å². The molecule has 0 atom stereocenters. The second kappa shape index (κ2) is 6.10. The van der Waals surface area contributed by atoms with Crippen LogP contribution in [0, 0.1) is 5.82 Å². The molecule has 0 aliphatic carbocycles. The second-order valence-corrected chi connectivity index (χ2v) is 6.14. The molecule has 3 nitrogen and oxygen atoms in total. The van der Waals surface area contributed by atoms with Crippen LogP contribution in [0.25, 0.3) is 0 Å². The molecule has 1 amide bonds. The van der Waals surface area contributed by atoms with Crippen LogP contribution in [-0.4, -0.2) is 12.2 Å². The van der Waals surface area contributed by atoms with Crippen molar-refractivity contribution in [3.8, 4) is 0 Å². The maximum atomic E-state index is 13.7. The third-order valence-electron chi connectivity index (χ3n) is 3.39. The van der Waals surface area contributed by atoms with Gasteiger partial charge in [-0.1, -0.05) is 32.9 Å². The van der Waals surface area contributed by atoms with Crippen molar-refractivity contribution in [2.45, 2.75) is 26.2 Å². The topological polar surface area (TPSA) is 46.2 Å². The van der Waals surface area contributed by atoms with Crippen molar-refractivity contribution in [3.63, 3.8) is 0 Å². The van der Waals surface area contributed by atoms with Crippen LogP contribution in [0.2, 0.25) is 0 Å². The van der Waals surface area contributed by atoms with Crippen LogP contribution in [0.5, 0.6) is 0 Å². The molecule has 22 heavy (non-hydrogen) atoms. The summed E-state index contributed by atoms with van der Waals surface area (Å²) in [6.07, 6.45) is 0.604. The van der Waals surface area contributed by atoms with Crippen molar-refractivity contribution in [1.82, 2.24) is 0 Å². The van der Waals surface area contributed by atoms with Gasteiger partial charge in [0, 0.05) is 11.1 Å². The summed E-state index contributed by atoms with van der Waals surface area (Å²) in [4.78, 5) is 22.9. The number of aldehydes is 1. The molecule has 2 rings (SSSR count). The summed E-state index contributed by atoms with van der Waals surface area (Å²) in [7, 11) is 0. The van der Waals surface area contributed by atoms with Crippen LogP contribution in [0.4, 0.5) is 10.1 Å². The number of carbonyl (C=O) groups is 2. The lowest BCUT2D eigenvalue weighted by Crippen LogP contribution is -2.15. The number of amides is 1. The van der Waals surface area contributed by atoms with E-state index in [1.54, 1.807) is 12.1 Å². The maximum Gasteiger partial charge on any atom is 0.255 e. The molecule has 0 unspecified atom stereocenters. The Morgan fingerprint density at radius 3 is 2.27 bits per heavy atom. The van der Waals surface area contributed by atoms with Crippen molar-refractivity contribution >= 4 is 17.9 Å². The summed E-state index contributed by atoms with van der Waals surface area (Å²) in [6.45, 7) is 6.26. The first-order valence-corrected chi connectivity index (χ1v) is 6.98. The minimum atomic E-state index is -0.578. The van der Waals surface area contributed by atoms with E-state index in [0.717, 1.165) is 11.6 Å². The number of anilines is 1. The zero-order valence-corrected chi connectivity index (χ0v) is 12.8. The summed E-state index contributed by atoms with van der Waals surface area (Å²) in [6, 6.07) is 11.0. The van der Waals surface area contributed by atoms with E-state index in [2.05, 4.69) is 26.1 Å². The Morgan fingerprint density at radius 2 is 1.73 bits per heavy atom. The second-order valence-electron chi connectivity index (χ2n) is 6.14. The van der Waals surface area contributed by atoms with Gasteiger partial charge < -0.3 is 5.32 Å². The van der Waals surface area contributed by atoms with Gasteiger partial charge >= 0.3 is 0 Å². The van der Waals surface area contributed by atoms with Gasteiger partial charge in [-0.3, -0.25) is 9.59 Å². The fourth-order valence-electron chi connectivity index (χ4n) is 2.03. The van der Waals surface area contributed by atoms with Crippen LogP contribution in [0.1, 0.15) is 47.1 Å². The fraction of sp³-hybridized carbons (Fsp3) is 0.222. The van der Waals surface area contributed by atoms with E-state index >= 15 is 0 Å². The minimum Gasteiger partial charge on any atom is -0.319 e. The van der Waals surface area contributed by atoms with Gasteiger partial charge in [-0.25, -0.2) is 4.39 Å². The number of hydrogen-bond acceptors (Lipinski definition) is 2. The first-order valence-electron chi connectivity index (χ1n) is 6.98. The number of carbonyl (C=O) groups excluding carboxylic acids is 2. The van der Waals surface area contributed by atoms with Crippen LogP contribution < -0.4 is 5.32 Å². The molecule has 0 spiro atoms. The summed E-state index contributed by atoms with van der Waals surface area (Å²) in [5, 5.41) is 2.49. The standard InChI is InChI=1S/C18H18FNO2/c1-18(2,3)14-7-5-13(6-8-14)17(22)20-16-10-12(11-21)4-9-15(16)19/h4-11H,1-3H3,(H,20,22). The Kier molecular flexibility index (Phi) is 4.40. The summed E-state index contributed by atoms with van der Waals surface area (Å²) in [5.74, 6) is -0.993. The molecule has 114 valence electrons. The van der Waals surface area contributed by atoms with E-state index in [1.807, 2.05) is 12.1 Å². The van der Waals surface area contributed by atoms with E-state index in [-0.39, 0.29) is 11.1 Å². The number of benzene rings is 2. The highest BCUT2D eigenvalue weighted by molar-refractivity contribution is 6.04. The largest absolute Gasteiger partial charge is 0.319 e. The Hall–Kier alpha value is -2.49. The Morgan fingerprint density at radius 1 is 1.09 bits per heavy atom. The van der Waals surface area contributed by atoms with Crippen molar-refractivity contribution < 1.29 is 14.0 Å². The molecule has 0 aliphatic heterocycles. The van der Waals surface area contributed by atoms with Gasteiger partial charge in [-0.15, -0.1) is 0 Å². The van der Waals surface area contributed by atoms with Gasteiger partial charge in [0.05, 0.1) is 5.69 Å². The van der Waals surface area contributed by atoms with Gasteiger partial charge in [-0.05, 0) is 41.3 Å². The van der Waals surface area contributed by atoms with E-state index in [0.29, 0.717) is 17.4 Å². The Bertz CT molecular complexity index is 700. The molecule has 0 heterocycles. The molecule has 4 heteroatoms. The lowest BCUT2D eigenvalue weighted by atomic mass is 9.87. The quantitative estimate of drug-likeness (QED) is 0.864. The fourth-order valence-corrected chi connectivity index (χ4v) is 2.03. The normalized spacial score (nSPS) is 11.1. The lowest BCUT2D eigenvalue weighted by Gasteiger charge is -2.19. The van der Waals surface area contributed by atoms with E-state index < -0.39 is 11.7 Å². The van der Waals surface area contributed by atoms with Crippen LogP contribution in [0.3, 0.4) is 0 Å². The van der Waals surface area contributed by atoms with Crippen molar-refractivity contribution in [1.29, 1.82) is 0 Å². The SMILES string of the molecule is CC(C)(C)c1ccc(C(=O)Nc2cc(C=O)ccc2F)cc1. The highest BCUT2D eigenvalue weighted by Crippen LogP contribution is 2.23. The van der Waals surface area contributed by atoms with Gasteiger partial charge in [0.15, 0.2) is 0 Å². The molecule has 0 bridgehead atoms. The molecule has 0 aromatic heterocycles. The highest BCUT2D eigenvalue weighted by Gasteiger charge is 2.15. The maximum absolute atomic E-state index is 13.7. The first-order chi connectivity index (χ1) is 10.3. The molecule has 0 saturated carbocycles. The smallest absolute Gasteiger partial charge is 0.255 e. The Balaban J connectivity index is 2.21. The summed E-state index contributed by atoms with van der Waals surface area (Å²) in [5.41, 5.74) is 1.84. The number of hydrogen-bond donors (Lipinski definition) is 1. The summed E-state index contributed by atoms with van der Waals surface area (Å²) < 4.78 is 13.7. The van der Waals surface area contributed by atoms with Crippen molar-refractivity contribution in [3.05, 3.63) is 65.0 Å². The zero-order valence-electron chi connectivity index (χ0n) is 12.8. The zero-order chi connectivity index (χ0) is 16.3. The van der Waals surface area contributed by atoms with Crippen molar-refractivity contribution in [2.75, 3.05) is 5.32 Å². The number of nitrogens with one attached hydrogen (secondary N) is 1. The third-order valence-corrected chi connectivity index (χ3v) is 3.39. The predicted octanol–water partition coefficient (Wildman–Crippen LogP) is 4.19. The summed E-state index contributed by atoms with van der Waals surface area (Å²) >= 11 is 0. The third kappa shape index (κ3) is 3.58. The van der Waals surface area contributed by atoms with E-state index in [4.69, 9.17) is 0 Å². The molecule has 2 aromatic rings. The van der Waals surface area contributed by atoms with Gasteiger partial charge in [0.25, 0.3) is 5.91 Å². The average molecular weight is 299 g/mol. The van der Waals surface area contributed by atoms with Gasteiger partial charge in [0.2, 0.25) is 0 Å². The van der Waals surface area contributed by atoms with Crippen LogP contribution in [-0.2, 0) is 5.41 Å². The van der Waals surface area contributed by atoms with Gasteiger partial charge in [0.1, 0.15) is 12.1 Å². The lowest BCUT2D eigenvalue weighted by molar-refractivity contribution is 0.102. The monoisotopic (exact) mass is 299 g/mol. The molecular weight excluding hydrogens is 281 g/mol. The molecule has 0 aliphatic rings.